The highest BCUT2D eigenvalue weighted by molar-refractivity contribution is 7.88. The van der Waals surface area contributed by atoms with Crippen LogP contribution in [0.4, 0.5) is 19.2 Å². The minimum atomic E-state index is -5.38. The standard InChI is InChI=1S/C108H140N4O28S4/c1-29-33-53-109(101(117)133-105(17,18)19)61-89-93(129-73(13)113)81-57-82(94(89)130-74(14)114)70(10)86-60-88(100(140-144(127,128)80-51-43-68(8)44-52-80)92(64-112(56-36-32-4)104(120)136-108(26,27)28)98(86)138-142(123,124)78-47-39-66(6)40-48-78)72(12)84-58-83(95(131-75(15)115)90(96(84)132-76(16)116)62-110(54-34-30-2)102(118)134-106(20,21)22)71(11)87-59-85(69(81)9)97(137-141(121,122)77-45-37-65(5)38-46-77)91(63-111(55-35-31-3)103(119)135-107(23,24)25)99(87)139-143(125,126)79-49-41-67(7)42-50-79/h37-52,57-60,69-72H,29-36,53-56,61-64H2,1-28H3. The number of rotatable bonds is 36. The number of hydrogen-bond donors (Lipinski definition) is 0. The molecular weight excluding hydrogens is 1930 g/mol. The summed E-state index contributed by atoms with van der Waals surface area (Å²) in [5, 5.41) is 0. The van der Waals surface area contributed by atoms with Crippen molar-refractivity contribution in [1.29, 1.82) is 0 Å². The number of ether oxygens (including phenoxy) is 8. The van der Waals surface area contributed by atoms with Gasteiger partial charge in [-0.15, -0.1) is 0 Å². The van der Waals surface area contributed by atoms with Crippen molar-refractivity contribution in [1.82, 2.24) is 19.6 Å². The number of aryl methyl sites for hydroxylation is 4. The second-order valence-corrected chi connectivity index (χ2v) is 46.6. The molecule has 0 saturated carbocycles. The van der Waals surface area contributed by atoms with Crippen molar-refractivity contribution in [2.45, 2.75) is 337 Å². The minimum Gasteiger partial charge on any atom is -0.444 e. The SMILES string of the molecule is CCCCN(Cc1c(OC(C)=O)c2cc(c1OC(C)=O)C(C)c1cc(c(OS(=O)(=O)c3ccc(C)cc3)c(CN(CCCC)C(=O)OC(C)(C)C)c1OS(=O)(=O)c1ccc(C)cc1)C(C)c1cc(c(OC(C)=O)c(CN(CCCC)C(=O)OC(C)(C)C)c1OC(C)=O)C(C)c1cc(c(OS(=O)(=O)c3ccc(C)cc3)c(CN(CCCC)C(=O)OC(C)(C)C)c1OS(=O)(=O)c1ccc(C)cc1)C2C)C(=O)OC(C)(C)C. The molecule has 0 radical (unpaired) electrons. The van der Waals surface area contributed by atoms with Gasteiger partial charge in [0.15, 0.2) is 23.0 Å². The molecule has 0 heterocycles. The molecule has 4 amide bonds. The first-order chi connectivity index (χ1) is 66.9. The fourth-order valence-electron chi connectivity index (χ4n) is 16.1. The summed E-state index contributed by atoms with van der Waals surface area (Å²) < 4.78 is 210. The third kappa shape index (κ3) is 30.0. The largest absolute Gasteiger partial charge is 0.444 e. The Morgan fingerprint density at radius 3 is 0.562 bits per heavy atom. The Morgan fingerprint density at radius 2 is 0.417 bits per heavy atom. The van der Waals surface area contributed by atoms with Crippen LogP contribution in [-0.2, 0) is 105 Å². The van der Waals surface area contributed by atoms with Gasteiger partial charge in [0.1, 0.15) is 65.0 Å². The number of carbonyl (C=O) groups is 8. The summed E-state index contributed by atoms with van der Waals surface area (Å²) in [7, 11) is -21.5. The summed E-state index contributed by atoms with van der Waals surface area (Å²) in [5.74, 6) is -16.3. The van der Waals surface area contributed by atoms with E-state index in [0.717, 1.165) is 27.7 Å². The van der Waals surface area contributed by atoms with Gasteiger partial charge in [-0.05, 0) is 209 Å². The molecule has 144 heavy (non-hydrogen) atoms. The van der Waals surface area contributed by atoms with E-state index in [1.165, 1.54) is 169 Å². The third-order valence-electron chi connectivity index (χ3n) is 23.4. The topological polar surface area (TPSA) is 397 Å². The molecule has 1 aliphatic rings. The average Bonchev–Trinajstić information content (AvgIpc) is 0.725. The molecule has 32 nitrogen and oxygen atoms in total. The van der Waals surface area contributed by atoms with Gasteiger partial charge in [-0.2, -0.15) is 33.7 Å². The van der Waals surface area contributed by atoms with Gasteiger partial charge in [0.25, 0.3) is 0 Å². The van der Waals surface area contributed by atoms with Crippen molar-refractivity contribution in [3.63, 3.8) is 0 Å². The number of carbonyl (C=O) groups excluding carboxylic acids is 8. The monoisotopic (exact) mass is 2070 g/mol. The Morgan fingerprint density at radius 1 is 0.264 bits per heavy atom. The number of benzene rings is 8. The highest BCUT2D eigenvalue weighted by Crippen LogP contribution is 2.57. The van der Waals surface area contributed by atoms with E-state index in [1.54, 1.807) is 111 Å². The van der Waals surface area contributed by atoms with Crippen molar-refractivity contribution < 1.29 is 127 Å². The lowest BCUT2D eigenvalue weighted by Gasteiger charge is -2.34. The number of fused-ring (bicyclic) bond motifs is 8. The Labute approximate surface area is 849 Å². The molecular formula is C108H140N4O28S4. The molecule has 0 spiro atoms. The van der Waals surface area contributed by atoms with E-state index in [2.05, 4.69) is 0 Å². The summed E-state index contributed by atoms with van der Waals surface area (Å²) in [5.41, 5.74) is -6.56. The van der Waals surface area contributed by atoms with Gasteiger partial charge in [0.05, 0.1) is 48.4 Å². The van der Waals surface area contributed by atoms with Crippen LogP contribution in [0.15, 0.2) is 141 Å². The molecule has 1 aliphatic carbocycles. The molecule has 8 aromatic rings. The van der Waals surface area contributed by atoms with Gasteiger partial charge in [-0.3, -0.25) is 19.2 Å². The summed E-state index contributed by atoms with van der Waals surface area (Å²) >= 11 is 0. The second kappa shape index (κ2) is 47.3. The first kappa shape index (κ1) is 115. The Kier molecular flexibility index (Phi) is 37.8. The van der Waals surface area contributed by atoms with Crippen molar-refractivity contribution in [2.75, 3.05) is 26.2 Å². The summed E-state index contributed by atoms with van der Waals surface area (Å²) in [6, 6.07) is 27.4. The molecule has 4 unspecified atom stereocenters. The molecule has 0 aliphatic heterocycles. The Hall–Kier alpha value is -12.3. The zero-order valence-electron chi connectivity index (χ0n) is 88.0. The van der Waals surface area contributed by atoms with E-state index in [0.29, 0.717) is 47.9 Å². The lowest BCUT2D eigenvalue weighted by Crippen LogP contribution is -2.37. The molecule has 9 rings (SSSR count). The number of esters is 4. The summed E-state index contributed by atoms with van der Waals surface area (Å²) in [6.07, 6.45) is -1.45. The predicted octanol–water partition coefficient (Wildman–Crippen LogP) is 22.8. The van der Waals surface area contributed by atoms with E-state index in [9.17, 15) is 19.2 Å². The number of amides is 4. The maximum absolute atomic E-state index is 16.3. The molecule has 4 atom stereocenters. The number of hydrogen-bond acceptors (Lipinski definition) is 28. The highest BCUT2D eigenvalue weighted by Gasteiger charge is 2.45. The number of nitrogens with zero attached hydrogens (tertiary/aromatic N) is 4. The first-order valence-corrected chi connectivity index (χ1v) is 54.0. The van der Waals surface area contributed by atoms with Crippen molar-refractivity contribution >= 4 is 88.7 Å². The summed E-state index contributed by atoms with van der Waals surface area (Å²) in [4.78, 5) is 125. The summed E-state index contributed by atoms with van der Waals surface area (Å²) in [6.45, 7) is 39.6. The van der Waals surface area contributed by atoms with Gasteiger partial charge in [0, 0.05) is 122 Å². The molecule has 8 aromatic carbocycles. The molecule has 0 N–H and O–H groups in total. The van der Waals surface area contributed by atoms with E-state index in [4.69, 9.17) is 54.6 Å². The minimum absolute atomic E-state index is 0.142. The molecule has 8 bridgehead atoms. The quantitative estimate of drug-likeness (QED) is 0.0152. The first-order valence-electron chi connectivity index (χ1n) is 48.4. The van der Waals surface area contributed by atoms with E-state index in [1.807, 2.05) is 27.7 Å². The van der Waals surface area contributed by atoms with Crippen molar-refractivity contribution in [3.8, 4) is 46.0 Å². The predicted molar refractivity (Wildman–Crippen MR) is 543 cm³/mol. The van der Waals surface area contributed by atoms with Crippen LogP contribution in [0.25, 0.3) is 0 Å². The molecule has 0 saturated heterocycles. The maximum Gasteiger partial charge on any atom is 0.410 e. The van der Waals surface area contributed by atoms with E-state index >= 15 is 52.8 Å². The molecule has 0 aromatic heterocycles. The van der Waals surface area contributed by atoms with Crippen LogP contribution in [0.2, 0.25) is 0 Å². The average molecular weight is 2070 g/mol. The zero-order valence-corrected chi connectivity index (χ0v) is 91.3. The molecule has 784 valence electrons. The van der Waals surface area contributed by atoms with Gasteiger partial charge in [-0.25, -0.2) is 19.2 Å². The fourth-order valence-corrected chi connectivity index (χ4v) is 20.1. The zero-order chi connectivity index (χ0) is 107. The van der Waals surface area contributed by atoms with Crippen molar-refractivity contribution in [3.05, 3.63) is 210 Å². The van der Waals surface area contributed by atoms with E-state index in [-0.39, 0.29) is 107 Å². The van der Waals surface area contributed by atoms with Gasteiger partial charge in [-0.1, -0.05) is 152 Å². The van der Waals surface area contributed by atoms with Gasteiger partial charge in [0.2, 0.25) is 0 Å². The van der Waals surface area contributed by atoms with E-state index < -0.39 is 238 Å². The lowest BCUT2D eigenvalue weighted by molar-refractivity contribution is -0.133. The normalized spacial score (nSPS) is 14.6. The lowest BCUT2D eigenvalue weighted by atomic mass is 9.78. The van der Waals surface area contributed by atoms with Crippen LogP contribution < -0.4 is 35.7 Å². The molecule has 0 fully saturated rings. The van der Waals surface area contributed by atoms with Gasteiger partial charge < -0.3 is 74.2 Å². The second-order valence-electron chi connectivity index (χ2n) is 40.5. The van der Waals surface area contributed by atoms with Crippen LogP contribution in [0, 0.1) is 27.7 Å². The third-order valence-corrected chi connectivity index (χ3v) is 28.3. The Balaban J connectivity index is 1.80. The molecule has 36 heteroatoms. The fraction of sp³-hybridized carbons (Fsp3) is 0.481. The van der Waals surface area contributed by atoms with Crippen LogP contribution >= 0.6 is 0 Å². The van der Waals surface area contributed by atoms with Crippen LogP contribution in [0.3, 0.4) is 0 Å². The number of unbranched alkanes of at least 4 members (excludes halogenated alkanes) is 4. The van der Waals surface area contributed by atoms with Crippen molar-refractivity contribution in [2.24, 2.45) is 0 Å². The maximum atomic E-state index is 16.3. The van der Waals surface area contributed by atoms with Crippen LogP contribution in [0.1, 0.15) is 330 Å². The Bertz CT molecular complexity index is 5860. The van der Waals surface area contributed by atoms with Crippen LogP contribution in [-0.4, -0.2) is 150 Å². The van der Waals surface area contributed by atoms with Gasteiger partial charge >= 0.3 is 88.7 Å². The van der Waals surface area contributed by atoms with Crippen LogP contribution in [0.5, 0.6) is 46.0 Å². The smallest absolute Gasteiger partial charge is 0.410 e. The highest BCUT2D eigenvalue weighted by atomic mass is 32.2.